The molecule has 0 radical (unpaired) electrons. The van der Waals surface area contributed by atoms with Crippen LogP contribution >= 0.6 is 31.9 Å². The zero-order valence-corrected chi connectivity index (χ0v) is 13.2. The smallest absolute Gasteiger partial charge is 0.258 e. The number of nitrogen functional groups attached to an aromatic ring is 1. The number of pyridine rings is 1. The van der Waals surface area contributed by atoms with Gasteiger partial charge in [-0.15, -0.1) is 0 Å². The van der Waals surface area contributed by atoms with E-state index in [-0.39, 0.29) is 5.91 Å². The molecule has 1 aromatic heterocycles. The van der Waals surface area contributed by atoms with Gasteiger partial charge in [-0.3, -0.25) is 4.79 Å². The summed E-state index contributed by atoms with van der Waals surface area (Å²) in [6.45, 7) is 1.93. The van der Waals surface area contributed by atoms with Crippen LogP contribution in [0.2, 0.25) is 0 Å². The minimum Gasteiger partial charge on any atom is -0.397 e. The van der Waals surface area contributed by atoms with Crippen molar-refractivity contribution >= 4 is 49.3 Å². The molecule has 0 aliphatic carbocycles. The third-order valence-corrected chi connectivity index (χ3v) is 3.76. The maximum atomic E-state index is 12.2. The molecule has 0 aliphatic heterocycles. The lowest BCUT2D eigenvalue weighted by Gasteiger charge is -2.09. The van der Waals surface area contributed by atoms with Crippen molar-refractivity contribution in [3.05, 3.63) is 50.5 Å². The molecule has 0 bridgehead atoms. The number of carbonyl (C=O) groups is 1. The molecule has 0 saturated carbocycles. The SMILES string of the molecule is Cc1ccc(Br)c(C(=O)Nc2ncc(N)cc2Br)c1. The average Bonchev–Trinajstić information content (AvgIpc) is 2.35. The van der Waals surface area contributed by atoms with Gasteiger partial charge in [0.2, 0.25) is 0 Å². The molecule has 98 valence electrons. The Kier molecular flexibility index (Phi) is 4.21. The summed E-state index contributed by atoms with van der Waals surface area (Å²) >= 11 is 6.67. The number of aryl methyl sites for hydroxylation is 1. The Morgan fingerprint density at radius 2 is 2.00 bits per heavy atom. The molecule has 0 unspecified atom stereocenters. The topological polar surface area (TPSA) is 68.0 Å². The van der Waals surface area contributed by atoms with Gasteiger partial charge in [-0.1, -0.05) is 11.6 Å². The number of halogens is 2. The van der Waals surface area contributed by atoms with E-state index in [0.29, 0.717) is 21.5 Å². The fourth-order valence-corrected chi connectivity index (χ4v) is 2.43. The predicted octanol–water partition coefficient (Wildman–Crippen LogP) is 3.75. The van der Waals surface area contributed by atoms with Crippen LogP contribution in [-0.2, 0) is 0 Å². The van der Waals surface area contributed by atoms with Gasteiger partial charge in [0.15, 0.2) is 0 Å². The molecule has 1 aromatic carbocycles. The van der Waals surface area contributed by atoms with E-state index < -0.39 is 0 Å². The largest absolute Gasteiger partial charge is 0.397 e. The first kappa shape index (κ1) is 14.0. The Bertz CT molecular complexity index is 644. The van der Waals surface area contributed by atoms with Crippen LogP contribution in [-0.4, -0.2) is 10.9 Å². The van der Waals surface area contributed by atoms with E-state index in [4.69, 9.17) is 5.73 Å². The van der Waals surface area contributed by atoms with Crippen LogP contribution in [0.15, 0.2) is 39.4 Å². The van der Waals surface area contributed by atoms with Crippen molar-refractivity contribution in [2.45, 2.75) is 6.92 Å². The highest BCUT2D eigenvalue weighted by molar-refractivity contribution is 9.11. The maximum Gasteiger partial charge on any atom is 0.258 e. The molecule has 2 rings (SSSR count). The number of hydrogen-bond acceptors (Lipinski definition) is 3. The summed E-state index contributed by atoms with van der Waals surface area (Å²) in [5, 5.41) is 2.74. The van der Waals surface area contributed by atoms with Crippen molar-refractivity contribution < 1.29 is 4.79 Å². The number of hydrogen-bond donors (Lipinski definition) is 2. The molecule has 1 amide bonds. The summed E-state index contributed by atoms with van der Waals surface area (Å²) in [6.07, 6.45) is 1.49. The molecule has 0 aliphatic rings. The standard InChI is InChI=1S/C13H11Br2N3O/c1-7-2-3-10(14)9(4-7)13(19)18-12-11(15)5-8(16)6-17-12/h2-6H,16H2,1H3,(H,17,18,19). The fraction of sp³-hybridized carbons (Fsp3) is 0.0769. The van der Waals surface area contributed by atoms with E-state index in [9.17, 15) is 4.79 Å². The van der Waals surface area contributed by atoms with Gasteiger partial charge in [-0.2, -0.15) is 0 Å². The minimum absolute atomic E-state index is 0.228. The molecule has 0 atom stereocenters. The van der Waals surface area contributed by atoms with Gasteiger partial charge in [-0.05, 0) is 57.0 Å². The quantitative estimate of drug-likeness (QED) is 0.828. The molecule has 6 heteroatoms. The molecule has 0 saturated heterocycles. The lowest BCUT2D eigenvalue weighted by atomic mass is 10.1. The highest BCUT2D eigenvalue weighted by Gasteiger charge is 2.12. The van der Waals surface area contributed by atoms with E-state index in [0.717, 1.165) is 10.0 Å². The molecule has 4 nitrogen and oxygen atoms in total. The molecule has 19 heavy (non-hydrogen) atoms. The van der Waals surface area contributed by atoms with Gasteiger partial charge in [0, 0.05) is 4.47 Å². The van der Waals surface area contributed by atoms with Crippen LogP contribution in [0.25, 0.3) is 0 Å². The summed E-state index contributed by atoms with van der Waals surface area (Å²) < 4.78 is 1.38. The van der Waals surface area contributed by atoms with Crippen LogP contribution in [0.5, 0.6) is 0 Å². The Hall–Kier alpha value is -1.40. The molecule has 2 aromatic rings. The molecule has 0 spiro atoms. The fourth-order valence-electron chi connectivity index (χ4n) is 1.53. The van der Waals surface area contributed by atoms with Crippen molar-refractivity contribution in [3.8, 4) is 0 Å². The van der Waals surface area contributed by atoms with Gasteiger partial charge in [-0.25, -0.2) is 4.98 Å². The monoisotopic (exact) mass is 383 g/mol. The van der Waals surface area contributed by atoms with E-state index in [2.05, 4.69) is 42.2 Å². The number of benzene rings is 1. The van der Waals surface area contributed by atoms with Crippen LogP contribution in [0.4, 0.5) is 11.5 Å². The summed E-state index contributed by atoms with van der Waals surface area (Å²) in [4.78, 5) is 16.3. The van der Waals surface area contributed by atoms with Crippen LogP contribution in [0.1, 0.15) is 15.9 Å². The molecule has 0 fully saturated rings. The van der Waals surface area contributed by atoms with E-state index in [1.165, 1.54) is 6.20 Å². The Morgan fingerprint density at radius 3 is 2.68 bits per heavy atom. The number of nitrogens with two attached hydrogens (primary N) is 1. The number of anilines is 2. The number of nitrogens with one attached hydrogen (secondary N) is 1. The number of nitrogens with zero attached hydrogens (tertiary/aromatic N) is 1. The highest BCUT2D eigenvalue weighted by Crippen LogP contribution is 2.24. The Labute approximate surface area is 127 Å². The van der Waals surface area contributed by atoms with Gasteiger partial charge >= 0.3 is 0 Å². The second kappa shape index (κ2) is 5.71. The molecule has 3 N–H and O–H groups in total. The second-order valence-corrected chi connectivity index (χ2v) is 5.75. The average molecular weight is 385 g/mol. The van der Waals surface area contributed by atoms with Gasteiger partial charge in [0.1, 0.15) is 5.82 Å². The first-order valence-corrected chi connectivity index (χ1v) is 7.04. The second-order valence-electron chi connectivity index (χ2n) is 4.04. The lowest BCUT2D eigenvalue weighted by molar-refractivity contribution is 0.102. The number of amides is 1. The van der Waals surface area contributed by atoms with Crippen LogP contribution < -0.4 is 11.1 Å². The number of carbonyl (C=O) groups excluding carboxylic acids is 1. The Balaban J connectivity index is 2.28. The first-order valence-electron chi connectivity index (χ1n) is 5.46. The van der Waals surface area contributed by atoms with E-state index >= 15 is 0 Å². The maximum absolute atomic E-state index is 12.2. The van der Waals surface area contributed by atoms with Gasteiger partial charge in [0.25, 0.3) is 5.91 Å². The van der Waals surface area contributed by atoms with Gasteiger partial charge < -0.3 is 11.1 Å². The normalized spacial score (nSPS) is 10.3. The third kappa shape index (κ3) is 3.33. The summed E-state index contributed by atoms with van der Waals surface area (Å²) in [5.74, 6) is 0.209. The highest BCUT2D eigenvalue weighted by atomic mass is 79.9. The van der Waals surface area contributed by atoms with Crippen molar-refractivity contribution in [2.75, 3.05) is 11.1 Å². The van der Waals surface area contributed by atoms with Crippen LogP contribution in [0.3, 0.4) is 0 Å². The molecular weight excluding hydrogens is 374 g/mol. The minimum atomic E-state index is -0.228. The first-order chi connectivity index (χ1) is 8.97. The number of aromatic nitrogens is 1. The van der Waals surface area contributed by atoms with Crippen molar-refractivity contribution in [3.63, 3.8) is 0 Å². The summed E-state index contributed by atoms with van der Waals surface area (Å²) in [5.41, 5.74) is 7.70. The third-order valence-electron chi connectivity index (χ3n) is 2.46. The molecular formula is C13H11Br2N3O. The van der Waals surface area contributed by atoms with Gasteiger partial charge in [0.05, 0.1) is 21.9 Å². The zero-order valence-electron chi connectivity index (χ0n) is 10.1. The molecule has 1 heterocycles. The number of rotatable bonds is 2. The van der Waals surface area contributed by atoms with Crippen LogP contribution in [0, 0.1) is 6.92 Å². The Morgan fingerprint density at radius 1 is 1.26 bits per heavy atom. The predicted molar refractivity (Wildman–Crippen MR) is 83.2 cm³/mol. The summed E-state index contributed by atoms with van der Waals surface area (Å²) in [6, 6.07) is 7.27. The summed E-state index contributed by atoms with van der Waals surface area (Å²) in [7, 11) is 0. The zero-order chi connectivity index (χ0) is 14.0. The van der Waals surface area contributed by atoms with Crippen molar-refractivity contribution in [1.29, 1.82) is 0 Å². The van der Waals surface area contributed by atoms with E-state index in [1.54, 1.807) is 6.07 Å². The van der Waals surface area contributed by atoms with E-state index in [1.807, 2.05) is 25.1 Å². The lowest BCUT2D eigenvalue weighted by Crippen LogP contribution is -2.14. The van der Waals surface area contributed by atoms with Crippen molar-refractivity contribution in [1.82, 2.24) is 4.98 Å². The van der Waals surface area contributed by atoms with Crippen molar-refractivity contribution in [2.24, 2.45) is 0 Å².